The van der Waals surface area contributed by atoms with Gasteiger partial charge in [-0.1, -0.05) is 6.07 Å². The van der Waals surface area contributed by atoms with Crippen LogP contribution in [0.3, 0.4) is 0 Å². The molecule has 0 atom stereocenters. The topological polar surface area (TPSA) is 30.5 Å². The quantitative estimate of drug-likeness (QED) is 0.777. The summed E-state index contributed by atoms with van der Waals surface area (Å²) >= 11 is 5.27. The summed E-state index contributed by atoms with van der Waals surface area (Å²) in [5.74, 6) is 0.0627. The van der Waals surface area contributed by atoms with Crippen molar-refractivity contribution in [3.05, 3.63) is 23.8 Å². The summed E-state index contributed by atoms with van der Waals surface area (Å²) in [7, 11) is 0. The van der Waals surface area contributed by atoms with E-state index in [0.717, 1.165) is 5.56 Å². The lowest BCUT2D eigenvalue weighted by atomic mass is 10.2. The van der Waals surface area contributed by atoms with Crippen LogP contribution in [0.5, 0.6) is 11.5 Å². The van der Waals surface area contributed by atoms with E-state index in [1.807, 2.05) is 0 Å². The van der Waals surface area contributed by atoms with Gasteiger partial charge in [0, 0.05) is 6.54 Å². The molecular weight excluding hydrogens is 216 g/mol. The lowest BCUT2D eigenvalue weighted by Gasteiger charge is -2.04. The molecule has 0 radical (unpaired) electrons. The van der Waals surface area contributed by atoms with Crippen molar-refractivity contribution in [2.24, 2.45) is 0 Å². The third kappa shape index (κ3) is 1.73. The number of alkyl halides is 2. The Morgan fingerprint density at radius 3 is 2.71 bits per heavy atom. The maximum Gasteiger partial charge on any atom is 0.586 e. The van der Waals surface area contributed by atoms with Gasteiger partial charge in [-0.15, -0.1) is 8.78 Å². The SMILES string of the molecule is FC1(F)Oc2ccc(CNCl)cc2O1. The summed E-state index contributed by atoms with van der Waals surface area (Å²) in [4.78, 5) is 2.38. The largest absolute Gasteiger partial charge is 0.586 e. The Kier molecular flexibility index (Phi) is 2.20. The first kappa shape index (κ1) is 9.48. The fourth-order valence-corrected chi connectivity index (χ4v) is 1.33. The Balaban J connectivity index is 2.26. The molecule has 0 saturated carbocycles. The van der Waals surface area contributed by atoms with Crippen molar-refractivity contribution >= 4 is 11.8 Å². The van der Waals surface area contributed by atoms with Gasteiger partial charge in [-0.25, -0.2) is 4.84 Å². The Labute approximate surface area is 83.7 Å². The van der Waals surface area contributed by atoms with E-state index in [-0.39, 0.29) is 11.5 Å². The van der Waals surface area contributed by atoms with Crippen molar-refractivity contribution in [1.82, 2.24) is 4.84 Å². The number of halogens is 3. The molecule has 1 aliphatic heterocycles. The van der Waals surface area contributed by atoms with Crippen LogP contribution in [0.2, 0.25) is 0 Å². The van der Waals surface area contributed by atoms with Crippen molar-refractivity contribution in [2.45, 2.75) is 12.8 Å². The second-order valence-corrected chi connectivity index (χ2v) is 3.03. The summed E-state index contributed by atoms with van der Waals surface area (Å²) in [6, 6.07) is 4.49. The third-order valence-corrected chi connectivity index (χ3v) is 1.87. The number of fused-ring (bicyclic) bond motifs is 1. The molecule has 0 saturated heterocycles. The summed E-state index contributed by atoms with van der Waals surface area (Å²) in [5.41, 5.74) is 0.736. The van der Waals surface area contributed by atoms with E-state index >= 15 is 0 Å². The van der Waals surface area contributed by atoms with E-state index in [9.17, 15) is 8.78 Å². The van der Waals surface area contributed by atoms with Crippen molar-refractivity contribution in [3.63, 3.8) is 0 Å². The highest BCUT2D eigenvalue weighted by Crippen LogP contribution is 2.41. The van der Waals surface area contributed by atoms with Crippen LogP contribution in [0.1, 0.15) is 5.56 Å². The number of rotatable bonds is 2. The highest BCUT2D eigenvalue weighted by atomic mass is 35.5. The number of ether oxygens (including phenoxy) is 2. The average molecular weight is 222 g/mol. The lowest BCUT2D eigenvalue weighted by molar-refractivity contribution is -0.286. The minimum Gasteiger partial charge on any atom is -0.395 e. The van der Waals surface area contributed by atoms with Crippen LogP contribution in [0.15, 0.2) is 18.2 Å². The molecule has 2 rings (SSSR count). The van der Waals surface area contributed by atoms with Gasteiger partial charge in [-0.05, 0) is 29.5 Å². The third-order valence-electron chi connectivity index (χ3n) is 1.74. The molecule has 0 fully saturated rings. The van der Waals surface area contributed by atoms with Crippen molar-refractivity contribution in [3.8, 4) is 11.5 Å². The first-order chi connectivity index (χ1) is 6.61. The standard InChI is InChI=1S/C8H6ClF2NO2/c9-12-4-5-1-2-6-7(3-5)14-8(10,11)13-6/h1-3,12H,4H2. The predicted molar refractivity (Wildman–Crippen MR) is 45.3 cm³/mol. The van der Waals surface area contributed by atoms with E-state index < -0.39 is 6.29 Å². The van der Waals surface area contributed by atoms with Crippen LogP contribution in [-0.2, 0) is 6.54 Å². The summed E-state index contributed by atoms with van der Waals surface area (Å²) < 4.78 is 33.6. The van der Waals surface area contributed by atoms with Gasteiger partial charge in [-0.3, -0.25) is 0 Å². The Morgan fingerprint density at radius 1 is 1.29 bits per heavy atom. The van der Waals surface area contributed by atoms with Gasteiger partial charge in [0.15, 0.2) is 11.5 Å². The van der Waals surface area contributed by atoms with Crippen molar-refractivity contribution in [2.75, 3.05) is 0 Å². The first-order valence-electron chi connectivity index (χ1n) is 3.83. The smallest absolute Gasteiger partial charge is 0.395 e. The Hall–Kier alpha value is -1.07. The molecule has 1 aromatic rings. The maximum absolute atomic E-state index is 12.6. The summed E-state index contributed by atoms with van der Waals surface area (Å²) in [5, 5.41) is 0. The zero-order chi connectivity index (χ0) is 10.2. The van der Waals surface area contributed by atoms with E-state index in [1.165, 1.54) is 12.1 Å². The van der Waals surface area contributed by atoms with Crippen LogP contribution < -0.4 is 14.3 Å². The molecule has 0 unspecified atom stereocenters. The van der Waals surface area contributed by atoms with Gasteiger partial charge in [0.05, 0.1) is 0 Å². The highest BCUT2D eigenvalue weighted by Gasteiger charge is 2.43. The molecular formula is C8H6ClF2NO2. The first-order valence-corrected chi connectivity index (χ1v) is 4.21. The molecule has 1 N–H and O–H groups in total. The Morgan fingerprint density at radius 2 is 2.00 bits per heavy atom. The van der Waals surface area contributed by atoms with E-state index in [4.69, 9.17) is 11.8 Å². The number of hydrogen-bond donors (Lipinski definition) is 1. The van der Waals surface area contributed by atoms with Gasteiger partial charge in [0.2, 0.25) is 0 Å². The molecule has 0 amide bonds. The number of hydrogen-bond acceptors (Lipinski definition) is 3. The van der Waals surface area contributed by atoms with Gasteiger partial charge < -0.3 is 9.47 Å². The highest BCUT2D eigenvalue weighted by molar-refractivity contribution is 6.13. The van der Waals surface area contributed by atoms with Gasteiger partial charge in [0.1, 0.15) is 0 Å². The minimum absolute atomic E-state index is 0.0272. The lowest BCUT2D eigenvalue weighted by Crippen LogP contribution is -2.25. The van der Waals surface area contributed by atoms with E-state index in [1.54, 1.807) is 6.07 Å². The molecule has 6 heteroatoms. The summed E-state index contributed by atoms with van der Waals surface area (Å²) in [6.07, 6.45) is -3.56. The normalized spacial score (nSPS) is 17.1. The molecule has 1 heterocycles. The second-order valence-electron chi connectivity index (χ2n) is 2.76. The summed E-state index contributed by atoms with van der Waals surface area (Å²) in [6.45, 7) is 0.365. The van der Waals surface area contributed by atoms with Crippen LogP contribution in [0.4, 0.5) is 8.78 Å². The molecule has 0 bridgehead atoms. The monoisotopic (exact) mass is 221 g/mol. The van der Waals surface area contributed by atoms with Crippen LogP contribution in [0.25, 0.3) is 0 Å². The Bertz CT molecular complexity index is 359. The van der Waals surface area contributed by atoms with Crippen LogP contribution >= 0.6 is 11.8 Å². The maximum atomic E-state index is 12.6. The minimum atomic E-state index is -3.56. The predicted octanol–water partition coefficient (Wildman–Crippen LogP) is 2.25. The zero-order valence-corrected chi connectivity index (χ0v) is 7.65. The molecule has 0 aromatic heterocycles. The van der Waals surface area contributed by atoms with Crippen molar-refractivity contribution < 1.29 is 18.3 Å². The zero-order valence-electron chi connectivity index (χ0n) is 6.89. The van der Waals surface area contributed by atoms with Crippen LogP contribution in [0, 0.1) is 0 Å². The van der Waals surface area contributed by atoms with E-state index in [2.05, 4.69) is 14.3 Å². The number of nitrogens with one attached hydrogen (secondary N) is 1. The molecule has 14 heavy (non-hydrogen) atoms. The average Bonchev–Trinajstić information content (AvgIpc) is 2.38. The fourth-order valence-electron chi connectivity index (χ4n) is 1.18. The molecule has 0 aliphatic carbocycles. The number of benzene rings is 1. The molecule has 76 valence electrons. The van der Waals surface area contributed by atoms with E-state index in [0.29, 0.717) is 6.54 Å². The van der Waals surface area contributed by atoms with Gasteiger partial charge in [-0.2, -0.15) is 0 Å². The fraction of sp³-hybridized carbons (Fsp3) is 0.250. The molecule has 1 aliphatic rings. The van der Waals surface area contributed by atoms with Gasteiger partial charge in [0.25, 0.3) is 0 Å². The molecule has 3 nitrogen and oxygen atoms in total. The van der Waals surface area contributed by atoms with Crippen molar-refractivity contribution in [1.29, 1.82) is 0 Å². The molecule has 0 spiro atoms. The van der Waals surface area contributed by atoms with Crippen LogP contribution in [-0.4, -0.2) is 6.29 Å². The second kappa shape index (κ2) is 3.25. The van der Waals surface area contributed by atoms with Gasteiger partial charge >= 0.3 is 6.29 Å². The molecule has 1 aromatic carbocycles.